The zero-order valence-corrected chi connectivity index (χ0v) is 10.4. The third-order valence-electron chi connectivity index (χ3n) is 2.11. The first-order valence-electron chi connectivity index (χ1n) is 4.88. The van der Waals surface area contributed by atoms with Gasteiger partial charge in [-0.1, -0.05) is 11.6 Å². The van der Waals surface area contributed by atoms with E-state index >= 15 is 0 Å². The van der Waals surface area contributed by atoms with Gasteiger partial charge in [-0.25, -0.2) is 0 Å². The van der Waals surface area contributed by atoms with Crippen LogP contribution in [0.1, 0.15) is 10.4 Å². The van der Waals surface area contributed by atoms with Crippen molar-refractivity contribution in [3.63, 3.8) is 0 Å². The maximum Gasteiger partial charge on any atom is 0.322 e. The normalized spacial score (nSPS) is 9.79. The highest BCUT2D eigenvalue weighted by molar-refractivity contribution is 6.33. The molecule has 0 heterocycles. The lowest BCUT2D eigenvalue weighted by Crippen LogP contribution is -2.29. The molecular weight excluding hydrogens is 280 g/mol. The van der Waals surface area contributed by atoms with Gasteiger partial charge in [-0.2, -0.15) is 0 Å². The van der Waals surface area contributed by atoms with Crippen molar-refractivity contribution in [2.24, 2.45) is 0 Å². The maximum absolute atomic E-state index is 11.7. The van der Waals surface area contributed by atoms with Crippen molar-refractivity contribution >= 4 is 29.2 Å². The molecule has 0 fully saturated rings. The number of benzene rings is 1. The molecule has 1 aromatic carbocycles. The summed E-state index contributed by atoms with van der Waals surface area (Å²) in [7, 11) is 1.22. The Morgan fingerprint density at radius 1 is 1.53 bits per heavy atom. The zero-order chi connectivity index (χ0) is 14.6. The van der Waals surface area contributed by atoms with Crippen molar-refractivity contribution in [2.75, 3.05) is 13.7 Å². The molecule has 0 aromatic heterocycles. The number of amides is 1. The second-order valence-electron chi connectivity index (χ2n) is 3.34. The van der Waals surface area contributed by atoms with Crippen LogP contribution in [0, 0.1) is 10.1 Å². The van der Waals surface area contributed by atoms with Crippen molar-refractivity contribution < 1.29 is 24.4 Å². The fourth-order valence-corrected chi connectivity index (χ4v) is 1.51. The number of nitrogens with zero attached hydrogens (tertiary/aromatic N) is 1. The highest BCUT2D eigenvalue weighted by atomic mass is 35.5. The number of nitro groups is 1. The molecule has 0 spiro atoms. The summed E-state index contributed by atoms with van der Waals surface area (Å²) < 4.78 is 4.85. The van der Waals surface area contributed by atoms with Gasteiger partial charge in [-0.05, 0) is 6.07 Å². The van der Waals surface area contributed by atoms with Crippen LogP contribution in [0.2, 0.25) is 5.02 Å². The third kappa shape index (κ3) is 3.55. The molecule has 1 aromatic rings. The lowest BCUT2D eigenvalue weighted by atomic mass is 10.1. The SMILES string of the molecule is COc1cc([N+](=O)[O-])c(Cl)cc1C(=O)NCC(=O)O. The minimum atomic E-state index is -1.22. The topological polar surface area (TPSA) is 119 Å². The lowest BCUT2D eigenvalue weighted by molar-refractivity contribution is -0.384. The van der Waals surface area contributed by atoms with Gasteiger partial charge in [0.2, 0.25) is 0 Å². The monoisotopic (exact) mass is 288 g/mol. The van der Waals surface area contributed by atoms with Gasteiger partial charge in [0.1, 0.15) is 17.3 Å². The molecule has 19 heavy (non-hydrogen) atoms. The van der Waals surface area contributed by atoms with Gasteiger partial charge in [0, 0.05) is 0 Å². The van der Waals surface area contributed by atoms with E-state index in [2.05, 4.69) is 5.32 Å². The molecule has 2 N–H and O–H groups in total. The summed E-state index contributed by atoms with van der Waals surface area (Å²) >= 11 is 5.67. The van der Waals surface area contributed by atoms with Gasteiger partial charge in [-0.15, -0.1) is 0 Å². The molecular formula is C10H9ClN2O6. The van der Waals surface area contributed by atoms with E-state index < -0.39 is 29.0 Å². The summed E-state index contributed by atoms with van der Waals surface area (Å²) in [5, 5.41) is 21.0. The minimum absolute atomic E-state index is 0.0704. The van der Waals surface area contributed by atoms with Crippen LogP contribution in [0.5, 0.6) is 5.75 Å². The second kappa shape index (κ2) is 6.01. The number of carbonyl (C=O) groups excluding carboxylic acids is 1. The number of ether oxygens (including phenoxy) is 1. The van der Waals surface area contributed by atoms with Crippen molar-refractivity contribution in [3.8, 4) is 5.75 Å². The van der Waals surface area contributed by atoms with Crippen LogP contribution in [0.25, 0.3) is 0 Å². The van der Waals surface area contributed by atoms with Crippen LogP contribution in [-0.4, -0.2) is 35.6 Å². The van der Waals surface area contributed by atoms with Crippen LogP contribution >= 0.6 is 11.6 Å². The van der Waals surface area contributed by atoms with E-state index in [1.807, 2.05) is 0 Å². The fraction of sp³-hybridized carbons (Fsp3) is 0.200. The molecule has 102 valence electrons. The lowest BCUT2D eigenvalue weighted by Gasteiger charge is -2.09. The largest absolute Gasteiger partial charge is 0.496 e. The Morgan fingerprint density at radius 2 is 2.16 bits per heavy atom. The van der Waals surface area contributed by atoms with Crippen LogP contribution < -0.4 is 10.1 Å². The molecule has 0 aliphatic carbocycles. The van der Waals surface area contributed by atoms with Crippen molar-refractivity contribution in [1.29, 1.82) is 0 Å². The van der Waals surface area contributed by atoms with Crippen LogP contribution in [0.15, 0.2) is 12.1 Å². The average molecular weight is 289 g/mol. The molecule has 0 saturated carbocycles. The Balaban J connectivity index is 3.13. The molecule has 8 nitrogen and oxygen atoms in total. The number of hydrogen-bond acceptors (Lipinski definition) is 5. The number of carbonyl (C=O) groups is 2. The van der Waals surface area contributed by atoms with Gasteiger partial charge >= 0.3 is 5.97 Å². The first-order valence-corrected chi connectivity index (χ1v) is 5.26. The molecule has 0 aliphatic rings. The number of halogens is 1. The first-order chi connectivity index (χ1) is 8.86. The van der Waals surface area contributed by atoms with Crippen molar-refractivity contribution in [2.45, 2.75) is 0 Å². The Labute approximate surface area is 112 Å². The van der Waals surface area contributed by atoms with E-state index in [-0.39, 0.29) is 16.3 Å². The minimum Gasteiger partial charge on any atom is -0.496 e. The van der Waals surface area contributed by atoms with E-state index in [9.17, 15) is 19.7 Å². The van der Waals surface area contributed by atoms with E-state index in [4.69, 9.17) is 21.4 Å². The highest BCUT2D eigenvalue weighted by Gasteiger charge is 2.21. The standard InChI is InChI=1S/C10H9ClN2O6/c1-19-8-3-7(13(17)18)6(11)2-5(8)10(16)12-4-9(14)15/h2-3H,4H2,1H3,(H,12,16)(H,14,15). The fourth-order valence-electron chi connectivity index (χ4n) is 1.28. The number of hydrogen-bond donors (Lipinski definition) is 2. The molecule has 0 bridgehead atoms. The van der Waals surface area contributed by atoms with E-state index in [0.29, 0.717) is 0 Å². The smallest absolute Gasteiger partial charge is 0.322 e. The van der Waals surface area contributed by atoms with Crippen LogP contribution in [0.4, 0.5) is 5.69 Å². The summed E-state index contributed by atoms with van der Waals surface area (Å²) in [4.78, 5) is 32.0. The Hall–Kier alpha value is -2.35. The van der Waals surface area contributed by atoms with Crippen molar-refractivity contribution in [1.82, 2.24) is 5.32 Å². The molecule has 1 rings (SSSR count). The molecule has 0 radical (unpaired) electrons. The van der Waals surface area contributed by atoms with Crippen LogP contribution in [0.3, 0.4) is 0 Å². The Morgan fingerprint density at radius 3 is 2.63 bits per heavy atom. The van der Waals surface area contributed by atoms with Gasteiger partial charge in [0.15, 0.2) is 0 Å². The van der Waals surface area contributed by atoms with Gasteiger partial charge in [0.05, 0.1) is 23.7 Å². The highest BCUT2D eigenvalue weighted by Crippen LogP contribution is 2.32. The first kappa shape index (κ1) is 14.7. The van der Waals surface area contributed by atoms with Gasteiger partial charge in [0.25, 0.3) is 11.6 Å². The van der Waals surface area contributed by atoms with Crippen molar-refractivity contribution in [3.05, 3.63) is 32.8 Å². The number of methoxy groups -OCH3 is 1. The molecule has 1 amide bonds. The van der Waals surface area contributed by atoms with Gasteiger partial charge < -0.3 is 15.2 Å². The summed E-state index contributed by atoms with van der Waals surface area (Å²) in [5.74, 6) is -2.05. The van der Waals surface area contributed by atoms with Gasteiger partial charge in [-0.3, -0.25) is 19.7 Å². The second-order valence-corrected chi connectivity index (χ2v) is 3.74. The van der Waals surface area contributed by atoms with E-state index in [1.54, 1.807) is 0 Å². The number of rotatable bonds is 5. The Bertz CT molecular complexity index is 545. The predicted molar refractivity (Wildman–Crippen MR) is 64.6 cm³/mol. The zero-order valence-electron chi connectivity index (χ0n) is 9.68. The number of carboxylic acid groups (broad SMARTS) is 1. The maximum atomic E-state index is 11.7. The summed E-state index contributed by atoms with van der Waals surface area (Å²) in [6.45, 7) is -0.587. The molecule has 0 unspecified atom stereocenters. The molecule has 0 saturated heterocycles. The average Bonchev–Trinajstić information content (AvgIpc) is 2.35. The number of aliphatic carboxylic acids is 1. The molecule has 0 atom stereocenters. The van der Waals surface area contributed by atoms with E-state index in [1.165, 1.54) is 7.11 Å². The molecule has 9 heteroatoms. The van der Waals surface area contributed by atoms with E-state index in [0.717, 1.165) is 12.1 Å². The Kier molecular flexibility index (Phi) is 4.65. The predicted octanol–water partition coefficient (Wildman–Crippen LogP) is 1.07. The number of carboxylic acids is 1. The summed E-state index contributed by atoms with van der Waals surface area (Å²) in [6, 6.07) is 2.05. The molecule has 0 aliphatic heterocycles. The van der Waals surface area contributed by atoms with Crippen LogP contribution in [-0.2, 0) is 4.79 Å². The quantitative estimate of drug-likeness (QED) is 0.618. The summed E-state index contributed by atoms with van der Waals surface area (Å²) in [6.07, 6.45) is 0. The number of nitrogens with one attached hydrogen (secondary N) is 1. The summed E-state index contributed by atoms with van der Waals surface area (Å²) in [5.41, 5.74) is -0.493. The third-order valence-corrected chi connectivity index (χ3v) is 2.41. The number of nitro benzene ring substituents is 1.